The summed E-state index contributed by atoms with van der Waals surface area (Å²) >= 11 is 0. The Hall–Kier alpha value is -3.07. The van der Waals surface area contributed by atoms with Crippen LogP contribution in [0.4, 0.5) is 10.5 Å². The third kappa shape index (κ3) is 4.86. The summed E-state index contributed by atoms with van der Waals surface area (Å²) < 4.78 is 32.8. The van der Waals surface area contributed by atoms with Gasteiger partial charge in [0.2, 0.25) is 0 Å². The molecule has 1 aliphatic heterocycles. The zero-order valence-corrected chi connectivity index (χ0v) is 16.9. The fourth-order valence-corrected chi connectivity index (χ4v) is 4.14. The minimum absolute atomic E-state index is 0.116. The second-order valence-corrected chi connectivity index (χ2v) is 8.12. The second-order valence-electron chi connectivity index (χ2n) is 6.44. The van der Waals surface area contributed by atoms with Gasteiger partial charge < -0.3 is 14.5 Å². The van der Waals surface area contributed by atoms with Gasteiger partial charge in [-0.1, -0.05) is 30.3 Å². The summed E-state index contributed by atoms with van der Waals surface area (Å²) in [5.74, 6) is -0.292. The Labute approximate surface area is 170 Å². The normalized spacial score (nSPS) is 14.4. The number of nitrogens with zero attached hydrogens (tertiary/aromatic N) is 2. The number of anilines is 1. The van der Waals surface area contributed by atoms with Crippen LogP contribution in [0.1, 0.15) is 17.3 Å². The summed E-state index contributed by atoms with van der Waals surface area (Å²) in [6.45, 7) is 3.46. The highest BCUT2D eigenvalue weighted by Gasteiger charge is 2.27. The zero-order chi connectivity index (χ0) is 20.9. The van der Waals surface area contributed by atoms with Gasteiger partial charge >= 0.3 is 6.09 Å². The quantitative estimate of drug-likeness (QED) is 0.806. The fourth-order valence-electron chi connectivity index (χ4n) is 3.04. The maximum absolute atomic E-state index is 13.0. The summed E-state index contributed by atoms with van der Waals surface area (Å²) in [7, 11) is -3.82. The molecule has 1 fully saturated rings. The van der Waals surface area contributed by atoms with Crippen molar-refractivity contribution in [1.29, 1.82) is 0 Å². The topological polar surface area (TPSA) is 96.0 Å². The molecule has 8 nitrogen and oxygen atoms in total. The van der Waals surface area contributed by atoms with Crippen molar-refractivity contribution in [1.82, 2.24) is 9.80 Å². The summed E-state index contributed by atoms with van der Waals surface area (Å²) in [6.07, 6.45) is -0.393. The second kappa shape index (κ2) is 8.95. The van der Waals surface area contributed by atoms with Gasteiger partial charge in [0, 0.05) is 26.2 Å². The van der Waals surface area contributed by atoms with Crippen LogP contribution >= 0.6 is 0 Å². The minimum atomic E-state index is -3.82. The number of ether oxygens (including phenoxy) is 1. The molecular formula is C20H23N3O5S. The first kappa shape index (κ1) is 20.7. The van der Waals surface area contributed by atoms with Crippen molar-refractivity contribution in [3.63, 3.8) is 0 Å². The van der Waals surface area contributed by atoms with Crippen molar-refractivity contribution >= 4 is 27.7 Å². The zero-order valence-electron chi connectivity index (χ0n) is 16.1. The molecular weight excluding hydrogens is 394 g/mol. The molecule has 1 N–H and O–H groups in total. The van der Waals surface area contributed by atoms with E-state index in [2.05, 4.69) is 4.72 Å². The SMILES string of the molecule is CCOC(=O)N1CCN(C(=O)c2ccccc2NS(=O)(=O)c2ccccc2)CC1. The van der Waals surface area contributed by atoms with E-state index in [4.69, 9.17) is 4.74 Å². The monoisotopic (exact) mass is 417 g/mol. The molecule has 1 saturated heterocycles. The molecule has 2 amide bonds. The van der Waals surface area contributed by atoms with E-state index >= 15 is 0 Å². The van der Waals surface area contributed by atoms with Crippen LogP contribution in [-0.2, 0) is 14.8 Å². The van der Waals surface area contributed by atoms with Gasteiger partial charge in [-0.3, -0.25) is 9.52 Å². The number of benzene rings is 2. The van der Waals surface area contributed by atoms with E-state index in [1.807, 2.05) is 0 Å². The summed E-state index contributed by atoms with van der Waals surface area (Å²) in [4.78, 5) is 28.1. The number of hydrogen-bond acceptors (Lipinski definition) is 5. The van der Waals surface area contributed by atoms with E-state index in [1.165, 1.54) is 12.1 Å². The summed E-state index contributed by atoms with van der Waals surface area (Å²) in [5, 5.41) is 0. The maximum atomic E-state index is 13.0. The molecule has 0 aliphatic carbocycles. The molecule has 154 valence electrons. The molecule has 2 aromatic rings. The Morgan fingerprint density at radius 1 is 0.931 bits per heavy atom. The van der Waals surface area contributed by atoms with Crippen molar-refractivity contribution in [2.45, 2.75) is 11.8 Å². The molecule has 3 rings (SSSR count). The maximum Gasteiger partial charge on any atom is 0.409 e. The molecule has 0 unspecified atom stereocenters. The molecule has 0 radical (unpaired) electrons. The number of carbonyl (C=O) groups excluding carboxylic acids is 2. The predicted octanol–water partition coefficient (Wildman–Crippen LogP) is 2.40. The van der Waals surface area contributed by atoms with E-state index < -0.39 is 16.1 Å². The molecule has 0 saturated carbocycles. The predicted molar refractivity (Wildman–Crippen MR) is 108 cm³/mol. The largest absolute Gasteiger partial charge is 0.450 e. The van der Waals surface area contributed by atoms with Crippen LogP contribution in [0.2, 0.25) is 0 Å². The van der Waals surface area contributed by atoms with Crippen LogP contribution in [-0.4, -0.2) is 63.0 Å². The molecule has 1 heterocycles. The van der Waals surface area contributed by atoms with Crippen molar-refractivity contribution in [3.8, 4) is 0 Å². The van der Waals surface area contributed by atoms with E-state index in [0.29, 0.717) is 32.8 Å². The molecule has 0 atom stereocenters. The van der Waals surface area contributed by atoms with Crippen LogP contribution in [0, 0.1) is 0 Å². The smallest absolute Gasteiger partial charge is 0.409 e. The Bertz CT molecular complexity index is 971. The third-order valence-corrected chi connectivity index (χ3v) is 5.93. The average Bonchev–Trinajstić information content (AvgIpc) is 2.74. The minimum Gasteiger partial charge on any atom is -0.450 e. The van der Waals surface area contributed by atoms with Crippen molar-refractivity contribution in [2.75, 3.05) is 37.5 Å². The molecule has 1 aliphatic rings. The first-order chi connectivity index (χ1) is 13.9. The number of hydrogen-bond donors (Lipinski definition) is 1. The van der Waals surface area contributed by atoms with Gasteiger partial charge in [-0.05, 0) is 31.2 Å². The van der Waals surface area contributed by atoms with Crippen LogP contribution in [0.15, 0.2) is 59.5 Å². The molecule has 0 bridgehead atoms. The van der Waals surface area contributed by atoms with Gasteiger partial charge in [0.05, 0.1) is 22.8 Å². The summed E-state index contributed by atoms with van der Waals surface area (Å²) in [5.41, 5.74) is 0.478. The van der Waals surface area contributed by atoms with Gasteiger partial charge in [0.25, 0.3) is 15.9 Å². The number of carbonyl (C=O) groups is 2. The fraction of sp³-hybridized carbons (Fsp3) is 0.300. The highest BCUT2D eigenvalue weighted by atomic mass is 32.2. The van der Waals surface area contributed by atoms with Crippen molar-refractivity contribution < 1.29 is 22.7 Å². The van der Waals surface area contributed by atoms with Crippen molar-refractivity contribution in [3.05, 3.63) is 60.2 Å². The average molecular weight is 417 g/mol. The number of para-hydroxylation sites is 1. The van der Waals surface area contributed by atoms with E-state index in [9.17, 15) is 18.0 Å². The van der Waals surface area contributed by atoms with Crippen LogP contribution in [0.25, 0.3) is 0 Å². The lowest BCUT2D eigenvalue weighted by Crippen LogP contribution is -2.50. The van der Waals surface area contributed by atoms with Gasteiger partial charge in [-0.2, -0.15) is 0 Å². The third-order valence-electron chi connectivity index (χ3n) is 4.55. The molecule has 29 heavy (non-hydrogen) atoms. The highest BCUT2D eigenvalue weighted by molar-refractivity contribution is 7.92. The standard InChI is InChI=1S/C20H23N3O5S/c1-2-28-20(25)23-14-12-22(13-15-23)19(24)17-10-6-7-11-18(17)21-29(26,27)16-8-4-3-5-9-16/h3-11,21H,2,12-15H2,1H3. The molecule has 0 aromatic heterocycles. The Morgan fingerprint density at radius 3 is 2.17 bits per heavy atom. The van der Waals surface area contributed by atoms with Crippen molar-refractivity contribution in [2.24, 2.45) is 0 Å². The van der Waals surface area contributed by atoms with E-state index in [0.717, 1.165) is 0 Å². The number of piperazine rings is 1. The molecule has 9 heteroatoms. The number of nitrogens with one attached hydrogen (secondary N) is 1. The van der Waals surface area contributed by atoms with Crippen LogP contribution in [0.5, 0.6) is 0 Å². The lowest BCUT2D eigenvalue weighted by molar-refractivity contribution is 0.0571. The van der Waals surface area contributed by atoms with Gasteiger partial charge in [0.1, 0.15) is 0 Å². The first-order valence-corrected chi connectivity index (χ1v) is 10.8. The van der Waals surface area contributed by atoms with Gasteiger partial charge in [-0.25, -0.2) is 13.2 Å². The van der Waals surface area contributed by atoms with Crippen LogP contribution < -0.4 is 4.72 Å². The number of sulfonamides is 1. The Morgan fingerprint density at radius 2 is 1.52 bits per heavy atom. The molecule has 2 aromatic carbocycles. The number of amides is 2. The van der Waals surface area contributed by atoms with Gasteiger partial charge in [0.15, 0.2) is 0 Å². The number of rotatable bonds is 5. The lowest BCUT2D eigenvalue weighted by atomic mass is 10.1. The van der Waals surface area contributed by atoms with Crippen LogP contribution in [0.3, 0.4) is 0 Å². The highest BCUT2D eigenvalue weighted by Crippen LogP contribution is 2.22. The Kier molecular flexibility index (Phi) is 6.38. The first-order valence-electron chi connectivity index (χ1n) is 9.30. The van der Waals surface area contributed by atoms with E-state index in [1.54, 1.807) is 59.2 Å². The van der Waals surface area contributed by atoms with E-state index in [-0.39, 0.29) is 22.1 Å². The summed E-state index contributed by atoms with van der Waals surface area (Å²) in [6, 6.07) is 14.5. The van der Waals surface area contributed by atoms with Gasteiger partial charge in [-0.15, -0.1) is 0 Å². The Balaban J connectivity index is 1.74. The molecule has 0 spiro atoms. The lowest BCUT2D eigenvalue weighted by Gasteiger charge is -2.34.